The largest absolute Gasteiger partial charge is 0.322 e. The molecule has 0 saturated carbocycles. The van der Waals surface area contributed by atoms with Gasteiger partial charge < -0.3 is 9.72 Å². The number of halogens is 2. The van der Waals surface area contributed by atoms with Gasteiger partial charge in [0.15, 0.2) is 0 Å². The summed E-state index contributed by atoms with van der Waals surface area (Å²) in [4.78, 5) is 18.7. The molecule has 130 valence electrons. The second-order valence-corrected chi connectivity index (χ2v) is 6.84. The lowest BCUT2D eigenvalue weighted by Gasteiger charge is -2.15. The van der Waals surface area contributed by atoms with Gasteiger partial charge in [-0.15, -0.1) is 0 Å². The van der Waals surface area contributed by atoms with Gasteiger partial charge in [-0.1, -0.05) is 35.3 Å². The van der Waals surface area contributed by atoms with Crippen molar-refractivity contribution >= 4 is 40.4 Å². The monoisotopic (exact) mass is 376 g/mol. The third kappa shape index (κ3) is 4.31. The second-order valence-electron chi connectivity index (χ2n) is 6.02. The minimum atomic E-state index is -0.183. The number of nitrogens with one attached hydrogen (secondary N) is 1. The van der Waals surface area contributed by atoms with Crippen LogP contribution in [0, 0.1) is 6.92 Å². The number of hydrogen-bond donors (Lipinski definition) is 1. The van der Waals surface area contributed by atoms with Crippen molar-refractivity contribution < 1.29 is 4.79 Å². The molecule has 0 aliphatic rings. The summed E-state index contributed by atoms with van der Waals surface area (Å²) >= 11 is 12.1. The molecule has 0 spiro atoms. The summed E-state index contributed by atoms with van der Waals surface area (Å²) in [5.41, 5.74) is 3.39. The number of amides is 1. The van der Waals surface area contributed by atoms with Crippen molar-refractivity contribution in [2.45, 2.75) is 13.5 Å². The van der Waals surface area contributed by atoms with Crippen LogP contribution in [0.3, 0.4) is 0 Å². The van der Waals surface area contributed by atoms with Crippen LogP contribution in [0.4, 0.5) is 5.69 Å². The molecule has 2 aromatic heterocycles. The minimum absolute atomic E-state index is 0.183. The van der Waals surface area contributed by atoms with Crippen LogP contribution in [0.5, 0.6) is 0 Å². The van der Waals surface area contributed by atoms with Crippen molar-refractivity contribution in [2.75, 3.05) is 18.9 Å². The first-order valence-electron chi connectivity index (χ1n) is 7.79. The van der Waals surface area contributed by atoms with Crippen LogP contribution in [0.25, 0.3) is 5.65 Å². The van der Waals surface area contributed by atoms with E-state index in [2.05, 4.69) is 10.3 Å². The average Bonchev–Trinajstić information content (AvgIpc) is 2.92. The lowest BCUT2D eigenvalue weighted by atomic mass is 10.3. The van der Waals surface area contributed by atoms with E-state index in [4.69, 9.17) is 23.2 Å². The number of hydrogen-bond acceptors (Lipinski definition) is 3. The summed E-state index contributed by atoms with van der Waals surface area (Å²) in [6, 6.07) is 9.11. The van der Waals surface area contributed by atoms with Crippen molar-refractivity contribution in [3.63, 3.8) is 0 Å². The first-order valence-corrected chi connectivity index (χ1v) is 8.54. The molecule has 2 heterocycles. The summed E-state index contributed by atoms with van der Waals surface area (Å²) < 4.78 is 1.99. The number of fused-ring (bicyclic) bond motifs is 1. The van der Waals surface area contributed by atoms with Crippen LogP contribution < -0.4 is 5.32 Å². The van der Waals surface area contributed by atoms with E-state index < -0.39 is 0 Å². The molecule has 5 nitrogen and oxygen atoms in total. The van der Waals surface area contributed by atoms with E-state index in [1.54, 1.807) is 18.2 Å². The SMILES string of the molecule is Cc1ccc2nc(CN(C)CC(=O)Nc3c(Cl)cccc3Cl)cn2c1. The van der Waals surface area contributed by atoms with Gasteiger partial charge in [-0.2, -0.15) is 0 Å². The highest BCUT2D eigenvalue weighted by Crippen LogP contribution is 2.29. The van der Waals surface area contributed by atoms with E-state index in [1.807, 2.05) is 47.8 Å². The molecule has 3 aromatic rings. The van der Waals surface area contributed by atoms with E-state index in [0.29, 0.717) is 22.3 Å². The first-order chi connectivity index (χ1) is 11.9. The fraction of sp³-hybridized carbons (Fsp3) is 0.222. The number of carbonyl (C=O) groups excluding carboxylic acids is 1. The summed E-state index contributed by atoms with van der Waals surface area (Å²) in [6.45, 7) is 2.80. The number of aryl methyl sites for hydroxylation is 1. The Morgan fingerprint density at radius 2 is 1.92 bits per heavy atom. The highest BCUT2D eigenvalue weighted by molar-refractivity contribution is 6.39. The third-order valence-corrected chi connectivity index (χ3v) is 4.35. The van der Waals surface area contributed by atoms with Gasteiger partial charge >= 0.3 is 0 Å². The minimum Gasteiger partial charge on any atom is -0.322 e. The van der Waals surface area contributed by atoms with Gasteiger partial charge in [0.1, 0.15) is 5.65 Å². The molecule has 0 atom stereocenters. The predicted molar refractivity (Wildman–Crippen MR) is 101 cm³/mol. The van der Waals surface area contributed by atoms with E-state index >= 15 is 0 Å². The highest BCUT2D eigenvalue weighted by Gasteiger charge is 2.13. The maximum atomic E-state index is 12.2. The van der Waals surface area contributed by atoms with Gasteiger partial charge in [-0.05, 0) is 37.7 Å². The lowest BCUT2D eigenvalue weighted by molar-refractivity contribution is -0.117. The molecule has 0 saturated heterocycles. The molecule has 0 aliphatic heterocycles. The zero-order chi connectivity index (χ0) is 18.0. The molecule has 1 N–H and O–H groups in total. The molecule has 3 rings (SSSR count). The molecule has 7 heteroatoms. The van der Waals surface area contributed by atoms with Crippen LogP contribution in [0.15, 0.2) is 42.7 Å². The third-order valence-electron chi connectivity index (χ3n) is 3.72. The Labute approximate surface area is 156 Å². The zero-order valence-electron chi connectivity index (χ0n) is 14.0. The van der Waals surface area contributed by atoms with Crippen molar-refractivity contribution in [3.05, 3.63) is 64.0 Å². The molecule has 0 aliphatic carbocycles. The average molecular weight is 377 g/mol. The lowest BCUT2D eigenvalue weighted by Crippen LogP contribution is -2.30. The Balaban J connectivity index is 1.63. The number of imidazole rings is 1. The number of pyridine rings is 1. The predicted octanol–water partition coefficient (Wildman–Crippen LogP) is 4.02. The number of anilines is 1. The second kappa shape index (κ2) is 7.44. The molecular formula is C18H18Cl2N4O. The molecule has 25 heavy (non-hydrogen) atoms. The molecule has 0 fully saturated rings. The van der Waals surface area contributed by atoms with Crippen molar-refractivity contribution in [2.24, 2.45) is 0 Å². The van der Waals surface area contributed by atoms with E-state index in [1.165, 1.54) is 5.56 Å². The van der Waals surface area contributed by atoms with Crippen LogP contribution >= 0.6 is 23.2 Å². The summed E-state index contributed by atoms with van der Waals surface area (Å²) in [7, 11) is 1.86. The van der Waals surface area contributed by atoms with Crippen LogP contribution in [0.1, 0.15) is 11.3 Å². The fourth-order valence-electron chi connectivity index (χ4n) is 2.61. The summed E-state index contributed by atoms with van der Waals surface area (Å²) in [5.74, 6) is -0.183. The Kier molecular flexibility index (Phi) is 5.27. The summed E-state index contributed by atoms with van der Waals surface area (Å²) in [5, 5.41) is 3.59. The number of carbonyl (C=O) groups is 1. The van der Waals surface area contributed by atoms with E-state index in [0.717, 1.165) is 11.3 Å². The number of rotatable bonds is 5. The van der Waals surface area contributed by atoms with Crippen molar-refractivity contribution in [1.29, 1.82) is 0 Å². The Morgan fingerprint density at radius 3 is 2.64 bits per heavy atom. The van der Waals surface area contributed by atoms with E-state index in [9.17, 15) is 4.79 Å². The van der Waals surface area contributed by atoms with Crippen LogP contribution in [-0.2, 0) is 11.3 Å². The number of likely N-dealkylation sites (N-methyl/N-ethyl adjacent to an activating group) is 1. The topological polar surface area (TPSA) is 49.6 Å². The van der Waals surface area contributed by atoms with Crippen LogP contribution in [-0.4, -0.2) is 33.8 Å². The van der Waals surface area contributed by atoms with Gasteiger partial charge in [0.2, 0.25) is 5.91 Å². The van der Waals surface area contributed by atoms with E-state index in [-0.39, 0.29) is 12.5 Å². The Hall–Kier alpha value is -2.08. The molecule has 0 radical (unpaired) electrons. The first kappa shape index (κ1) is 17.7. The van der Waals surface area contributed by atoms with Gasteiger partial charge in [0.25, 0.3) is 0 Å². The molecular weight excluding hydrogens is 359 g/mol. The van der Waals surface area contributed by atoms with Gasteiger partial charge in [0.05, 0.1) is 28.0 Å². The number of para-hydroxylation sites is 1. The normalized spacial score (nSPS) is 11.2. The van der Waals surface area contributed by atoms with Crippen molar-refractivity contribution in [1.82, 2.24) is 14.3 Å². The highest BCUT2D eigenvalue weighted by atomic mass is 35.5. The number of aromatic nitrogens is 2. The fourth-order valence-corrected chi connectivity index (χ4v) is 3.10. The maximum Gasteiger partial charge on any atom is 0.238 e. The quantitative estimate of drug-likeness (QED) is 0.731. The Bertz CT molecular complexity index is 902. The van der Waals surface area contributed by atoms with Crippen molar-refractivity contribution in [3.8, 4) is 0 Å². The zero-order valence-corrected chi connectivity index (χ0v) is 15.5. The molecule has 0 bridgehead atoms. The Morgan fingerprint density at radius 1 is 1.20 bits per heavy atom. The standard InChI is InChI=1S/C18H18Cl2N4O/c1-12-6-7-16-21-13(10-24(16)8-12)9-23(2)11-17(25)22-18-14(19)4-3-5-15(18)20/h3-8,10H,9,11H2,1-2H3,(H,22,25). The maximum absolute atomic E-state index is 12.2. The number of benzene rings is 1. The smallest absolute Gasteiger partial charge is 0.238 e. The number of nitrogens with zero attached hydrogens (tertiary/aromatic N) is 3. The molecule has 1 amide bonds. The molecule has 1 aromatic carbocycles. The van der Waals surface area contributed by atoms with Gasteiger partial charge in [0, 0.05) is 18.9 Å². The molecule has 0 unspecified atom stereocenters. The summed E-state index contributed by atoms with van der Waals surface area (Å²) in [6.07, 6.45) is 4.00. The van der Waals surface area contributed by atoms with Gasteiger partial charge in [-0.25, -0.2) is 4.98 Å². The van der Waals surface area contributed by atoms with Crippen LogP contribution in [0.2, 0.25) is 10.0 Å². The van der Waals surface area contributed by atoms with Gasteiger partial charge in [-0.3, -0.25) is 9.69 Å².